The summed E-state index contributed by atoms with van der Waals surface area (Å²) in [6.45, 7) is 0.264. The highest BCUT2D eigenvalue weighted by Crippen LogP contribution is 2.20. The van der Waals surface area contributed by atoms with Crippen molar-refractivity contribution in [3.63, 3.8) is 0 Å². The summed E-state index contributed by atoms with van der Waals surface area (Å²) in [6.07, 6.45) is 2.20. The fourth-order valence-corrected chi connectivity index (χ4v) is 1.37. The Morgan fingerprint density at radius 2 is 2.06 bits per heavy atom. The number of anilines is 3. The molecule has 1 saturated carbocycles. The summed E-state index contributed by atoms with van der Waals surface area (Å²) in [6, 6.07) is 5.64. The Bertz CT molecular complexity index is 401. The molecule has 0 bridgehead atoms. The molecule has 86 valence electrons. The maximum Gasteiger partial charge on any atom is 0.239 e. The van der Waals surface area contributed by atoms with Gasteiger partial charge in [0, 0.05) is 11.7 Å². The van der Waals surface area contributed by atoms with Crippen molar-refractivity contribution >= 4 is 23.0 Å². The fourth-order valence-electron chi connectivity index (χ4n) is 1.37. The SMILES string of the molecule is Nc1ccc(NCC(=O)NC2CC2)cc1N. The highest BCUT2D eigenvalue weighted by molar-refractivity contribution is 5.81. The molecule has 0 spiro atoms. The molecule has 1 fully saturated rings. The largest absolute Gasteiger partial charge is 0.397 e. The van der Waals surface area contributed by atoms with Gasteiger partial charge in [0.05, 0.1) is 17.9 Å². The summed E-state index contributed by atoms with van der Waals surface area (Å²) in [5.41, 5.74) is 13.1. The minimum Gasteiger partial charge on any atom is -0.397 e. The number of carbonyl (C=O) groups excluding carboxylic acids is 1. The molecule has 1 aliphatic carbocycles. The van der Waals surface area contributed by atoms with Gasteiger partial charge in [0.15, 0.2) is 0 Å². The number of nitrogens with one attached hydrogen (secondary N) is 2. The number of nitrogens with two attached hydrogens (primary N) is 2. The monoisotopic (exact) mass is 220 g/mol. The molecular weight excluding hydrogens is 204 g/mol. The molecule has 0 saturated heterocycles. The van der Waals surface area contributed by atoms with Crippen molar-refractivity contribution in [1.82, 2.24) is 5.32 Å². The van der Waals surface area contributed by atoms with E-state index in [0.717, 1.165) is 18.5 Å². The van der Waals surface area contributed by atoms with Crippen molar-refractivity contribution in [2.45, 2.75) is 18.9 Å². The first kappa shape index (κ1) is 10.6. The van der Waals surface area contributed by atoms with Crippen LogP contribution in [0.1, 0.15) is 12.8 Å². The number of nitrogen functional groups attached to an aromatic ring is 2. The molecule has 2 rings (SSSR count). The first-order valence-electron chi connectivity index (χ1n) is 5.33. The van der Waals surface area contributed by atoms with Gasteiger partial charge in [-0.2, -0.15) is 0 Å². The van der Waals surface area contributed by atoms with Crippen LogP contribution >= 0.6 is 0 Å². The van der Waals surface area contributed by atoms with E-state index in [2.05, 4.69) is 10.6 Å². The van der Waals surface area contributed by atoms with Crippen LogP contribution in [0, 0.1) is 0 Å². The van der Waals surface area contributed by atoms with Crippen molar-refractivity contribution in [1.29, 1.82) is 0 Å². The molecule has 0 aromatic heterocycles. The van der Waals surface area contributed by atoms with Gasteiger partial charge < -0.3 is 22.1 Å². The van der Waals surface area contributed by atoms with Crippen LogP contribution in [0.4, 0.5) is 17.1 Å². The topological polar surface area (TPSA) is 93.2 Å². The van der Waals surface area contributed by atoms with E-state index in [1.54, 1.807) is 18.2 Å². The number of rotatable bonds is 4. The molecule has 0 aliphatic heterocycles. The summed E-state index contributed by atoms with van der Waals surface area (Å²) in [7, 11) is 0. The second kappa shape index (κ2) is 4.30. The van der Waals surface area contributed by atoms with Crippen LogP contribution in [0.5, 0.6) is 0 Å². The van der Waals surface area contributed by atoms with Crippen LogP contribution < -0.4 is 22.1 Å². The molecule has 1 aromatic rings. The zero-order chi connectivity index (χ0) is 11.5. The summed E-state index contributed by atoms with van der Waals surface area (Å²) in [5.74, 6) is 0.0119. The third-order valence-corrected chi connectivity index (χ3v) is 2.48. The zero-order valence-corrected chi connectivity index (χ0v) is 8.99. The zero-order valence-electron chi connectivity index (χ0n) is 8.99. The van der Waals surface area contributed by atoms with Gasteiger partial charge in [-0.25, -0.2) is 0 Å². The number of benzene rings is 1. The van der Waals surface area contributed by atoms with Crippen molar-refractivity contribution in [3.05, 3.63) is 18.2 Å². The molecule has 0 heterocycles. The molecule has 1 amide bonds. The van der Waals surface area contributed by atoms with E-state index in [9.17, 15) is 4.79 Å². The number of hydrogen-bond acceptors (Lipinski definition) is 4. The first-order chi connectivity index (χ1) is 7.65. The molecule has 5 heteroatoms. The standard InChI is InChI=1S/C11H16N4O/c12-9-4-3-8(5-10(9)13)14-6-11(16)15-7-1-2-7/h3-5,7,14H,1-2,6,12-13H2,(H,15,16). The van der Waals surface area contributed by atoms with Gasteiger partial charge in [0.2, 0.25) is 5.91 Å². The van der Waals surface area contributed by atoms with Crippen LogP contribution in [0.3, 0.4) is 0 Å². The lowest BCUT2D eigenvalue weighted by Gasteiger charge is -2.08. The minimum atomic E-state index is 0.0119. The average molecular weight is 220 g/mol. The molecule has 1 aromatic carbocycles. The highest BCUT2D eigenvalue weighted by Gasteiger charge is 2.22. The predicted octanol–water partition coefficient (Wildman–Crippen LogP) is 0.541. The Hall–Kier alpha value is -1.91. The molecule has 1 aliphatic rings. The van der Waals surface area contributed by atoms with E-state index < -0.39 is 0 Å². The first-order valence-corrected chi connectivity index (χ1v) is 5.33. The Morgan fingerprint density at radius 1 is 1.31 bits per heavy atom. The van der Waals surface area contributed by atoms with Gasteiger partial charge in [0.25, 0.3) is 0 Å². The Kier molecular flexibility index (Phi) is 2.85. The molecule has 0 unspecified atom stereocenters. The van der Waals surface area contributed by atoms with Crippen molar-refractivity contribution in [2.24, 2.45) is 0 Å². The van der Waals surface area contributed by atoms with E-state index in [1.165, 1.54) is 0 Å². The molecular formula is C11H16N4O. The summed E-state index contributed by atoms with van der Waals surface area (Å²) >= 11 is 0. The predicted molar refractivity (Wildman–Crippen MR) is 64.9 cm³/mol. The van der Waals surface area contributed by atoms with Crippen molar-refractivity contribution in [3.8, 4) is 0 Å². The van der Waals surface area contributed by atoms with Gasteiger partial charge in [0.1, 0.15) is 0 Å². The van der Waals surface area contributed by atoms with Crippen LogP contribution in [0.2, 0.25) is 0 Å². The Labute approximate surface area is 94.2 Å². The Morgan fingerprint density at radius 3 is 2.69 bits per heavy atom. The maximum atomic E-state index is 11.4. The summed E-state index contributed by atoms with van der Waals surface area (Å²) in [5, 5.41) is 5.89. The third kappa shape index (κ3) is 2.79. The number of hydrogen-bond donors (Lipinski definition) is 4. The van der Waals surface area contributed by atoms with Crippen LogP contribution in [0.15, 0.2) is 18.2 Å². The van der Waals surface area contributed by atoms with E-state index in [0.29, 0.717) is 17.4 Å². The van der Waals surface area contributed by atoms with Crippen molar-refractivity contribution in [2.75, 3.05) is 23.3 Å². The highest BCUT2D eigenvalue weighted by atomic mass is 16.2. The second-order valence-corrected chi connectivity index (χ2v) is 4.04. The molecule has 5 nitrogen and oxygen atoms in total. The molecule has 6 N–H and O–H groups in total. The van der Waals surface area contributed by atoms with E-state index in [1.807, 2.05) is 0 Å². The van der Waals surface area contributed by atoms with Crippen LogP contribution in [-0.4, -0.2) is 18.5 Å². The normalized spacial score (nSPS) is 14.5. The average Bonchev–Trinajstić information content (AvgIpc) is 3.04. The van der Waals surface area contributed by atoms with Gasteiger partial charge >= 0.3 is 0 Å². The number of amides is 1. The van der Waals surface area contributed by atoms with Crippen molar-refractivity contribution < 1.29 is 4.79 Å². The van der Waals surface area contributed by atoms with Crippen LogP contribution in [-0.2, 0) is 4.79 Å². The fraction of sp³-hybridized carbons (Fsp3) is 0.364. The second-order valence-electron chi connectivity index (χ2n) is 4.04. The van der Waals surface area contributed by atoms with Gasteiger partial charge in [-0.1, -0.05) is 0 Å². The number of carbonyl (C=O) groups is 1. The van der Waals surface area contributed by atoms with Crippen LogP contribution in [0.25, 0.3) is 0 Å². The van der Waals surface area contributed by atoms with Gasteiger partial charge in [-0.3, -0.25) is 4.79 Å². The quantitative estimate of drug-likeness (QED) is 0.557. The maximum absolute atomic E-state index is 11.4. The lowest BCUT2D eigenvalue weighted by atomic mass is 10.2. The Balaban J connectivity index is 1.83. The van der Waals surface area contributed by atoms with E-state index in [4.69, 9.17) is 11.5 Å². The lowest BCUT2D eigenvalue weighted by molar-refractivity contribution is -0.119. The minimum absolute atomic E-state index is 0.0119. The van der Waals surface area contributed by atoms with Gasteiger partial charge in [-0.15, -0.1) is 0 Å². The van der Waals surface area contributed by atoms with E-state index in [-0.39, 0.29) is 12.5 Å². The molecule has 0 radical (unpaired) electrons. The molecule has 16 heavy (non-hydrogen) atoms. The van der Waals surface area contributed by atoms with Gasteiger partial charge in [-0.05, 0) is 31.0 Å². The lowest BCUT2D eigenvalue weighted by Crippen LogP contribution is -2.31. The summed E-state index contributed by atoms with van der Waals surface area (Å²) < 4.78 is 0. The summed E-state index contributed by atoms with van der Waals surface area (Å²) in [4.78, 5) is 11.4. The third-order valence-electron chi connectivity index (χ3n) is 2.48. The van der Waals surface area contributed by atoms with E-state index >= 15 is 0 Å². The molecule has 0 atom stereocenters. The smallest absolute Gasteiger partial charge is 0.239 e.